The molecule has 1 aliphatic heterocycles. The lowest BCUT2D eigenvalue weighted by Crippen LogP contribution is -2.44. The molecule has 0 aromatic heterocycles. The Labute approximate surface area is 122 Å². The van der Waals surface area contributed by atoms with E-state index in [2.05, 4.69) is 0 Å². The molecule has 21 heavy (non-hydrogen) atoms. The molecule has 2 nitrogen and oxygen atoms in total. The topological polar surface area (TPSA) is 20.3 Å². The maximum Gasteiger partial charge on any atom is 0.396 e. The summed E-state index contributed by atoms with van der Waals surface area (Å²) >= 11 is 0. The second kappa shape index (κ2) is 5.70. The van der Waals surface area contributed by atoms with Gasteiger partial charge in [-0.05, 0) is 32.3 Å². The number of amides is 1. The van der Waals surface area contributed by atoms with Gasteiger partial charge >= 0.3 is 6.18 Å². The normalized spacial score (nSPS) is 19.6. The average Bonchev–Trinajstić information content (AvgIpc) is 2.75. The fourth-order valence-electron chi connectivity index (χ4n) is 2.96. The van der Waals surface area contributed by atoms with Crippen LogP contribution in [0.3, 0.4) is 0 Å². The van der Waals surface area contributed by atoms with E-state index in [-0.39, 0.29) is 11.1 Å². The molecule has 1 aromatic carbocycles. The van der Waals surface area contributed by atoms with E-state index in [0.29, 0.717) is 6.54 Å². The fraction of sp³-hybridized carbons (Fsp3) is 0.562. The zero-order chi connectivity index (χ0) is 15.7. The van der Waals surface area contributed by atoms with Gasteiger partial charge in [0.25, 0.3) is 0 Å². The van der Waals surface area contributed by atoms with Gasteiger partial charge in [0.15, 0.2) is 0 Å². The van der Waals surface area contributed by atoms with Crippen LogP contribution in [0, 0.1) is 0 Å². The highest BCUT2D eigenvalue weighted by atomic mass is 19.4. The average molecular weight is 299 g/mol. The van der Waals surface area contributed by atoms with Crippen molar-refractivity contribution in [2.24, 2.45) is 0 Å². The molecule has 1 fully saturated rings. The summed E-state index contributed by atoms with van der Waals surface area (Å²) in [6, 6.07) is 7.67. The Morgan fingerprint density at radius 3 is 2.38 bits per heavy atom. The Morgan fingerprint density at radius 1 is 1.29 bits per heavy atom. The van der Waals surface area contributed by atoms with Crippen molar-refractivity contribution in [3.05, 3.63) is 35.9 Å². The molecular weight excluding hydrogens is 279 g/mol. The third-order valence-corrected chi connectivity index (χ3v) is 4.18. The summed E-state index contributed by atoms with van der Waals surface area (Å²) in [5.74, 6) is -2.15. The minimum atomic E-state index is -4.42. The van der Waals surface area contributed by atoms with E-state index < -0.39 is 24.4 Å². The number of carbonyl (C=O) groups excluding carboxylic acids is 1. The van der Waals surface area contributed by atoms with Crippen molar-refractivity contribution in [2.75, 3.05) is 6.54 Å². The molecule has 1 heterocycles. The fourth-order valence-corrected chi connectivity index (χ4v) is 2.96. The third kappa shape index (κ3) is 3.57. The maximum absolute atomic E-state index is 13.3. The lowest BCUT2D eigenvalue weighted by atomic mass is 9.93. The number of hydrogen-bond donors (Lipinski definition) is 0. The van der Waals surface area contributed by atoms with Crippen molar-refractivity contribution in [3.8, 4) is 0 Å². The number of nitrogens with zero attached hydrogens (tertiary/aromatic N) is 1. The molecule has 0 aliphatic carbocycles. The summed E-state index contributed by atoms with van der Waals surface area (Å²) in [7, 11) is 0. The van der Waals surface area contributed by atoms with E-state index in [1.807, 2.05) is 13.8 Å². The van der Waals surface area contributed by atoms with Crippen molar-refractivity contribution < 1.29 is 18.0 Å². The zero-order valence-electron chi connectivity index (χ0n) is 12.3. The van der Waals surface area contributed by atoms with E-state index >= 15 is 0 Å². The molecule has 1 aliphatic rings. The minimum absolute atomic E-state index is 0.148. The van der Waals surface area contributed by atoms with Crippen LogP contribution in [0.25, 0.3) is 0 Å². The highest BCUT2D eigenvalue weighted by molar-refractivity contribution is 5.78. The molecule has 0 saturated carbocycles. The molecule has 0 radical (unpaired) electrons. The molecular formula is C16H20F3NO. The second-order valence-corrected chi connectivity index (χ2v) is 6.17. The smallest absolute Gasteiger partial charge is 0.338 e. The summed E-state index contributed by atoms with van der Waals surface area (Å²) in [6.07, 6.45) is -3.25. The second-order valence-electron chi connectivity index (χ2n) is 6.17. The molecule has 1 aromatic rings. The number of likely N-dealkylation sites (tertiary alicyclic amines) is 1. The quantitative estimate of drug-likeness (QED) is 0.822. The van der Waals surface area contributed by atoms with Crippen molar-refractivity contribution >= 4 is 5.91 Å². The Hall–Kier alpha value is -1.52. The van der Waals surface area contributed by atoms with Gasteiger partial charge in [0.05, 0.1) is 5.92 Å². The van der Waals surface area contributed by atoms with E-state index in [1.54, 1.807) is 23.1 Å². The number of benzene rings is 1. The van der Waals surface area contributed by atoms with E-state index in [0.717, 1.165) is 12.8 Å². The Bertz CT molecular complexity index is 496. The van der Waals surface area contributed by atoms with E-state index in [1.165, 1.54) is 12.1 Å². The molecule has 1 atom stereocenters. The van der Waals surface area contributed by atoms with Crippen LogP contribution in [0.2, 0.25) is 0 Å². The van der Waals surface area contributed by atoms with Crippen LogP contribution in [0.4, 0.5) is 13.2 Å². The predicted octanol–water partition coefficient (Wildman–Crippen LogP) is 4.12. The van der Waals surface area contributed by atoms with Gasteiger partial charge in [-0.1, -0.05) is 30.3 Å². The van der Waals surface area contributed by atoms with Crippen molar-refractivity contribution in [1.29, 1.82) is 0 Å². The number of halogens is 3. The van der Waals surface area contributed by atoms with E-state index in [9.17, 15) is 18.0 Å². The number of alkyl halides is 3. The van der Waals surface area contributed by atoms with Gasteiger partial charge in [0, 0.05) is 18.5 Å². The van der Waals surface area contributed by atoms with Gasteiger partial charge in [-0.25, -0.2) is 0 Å². The molecule has 5 heteroatoms. The Balaban J connectivity index is 2.19. The van der Waals surface area contributed by atoms with E-state index in [4.69, 9.17) is 0 Å². The van der Waals surface area contributed by atoms with Crippen LogP contribution < -0.4 is 0 Å². The van der Waals surface area contributed by atoms with Crippen LogP contribution in [-0.4, -0.2) is 29.1 Å². The summed E-state index contributed by atoms with van der Waals surface area (Å²) < 4.78 is 39.8. The highest BCUT2D eigenvalue weighted by Gasteiger charge is 2.44. The number of rotatable bonds is 3. The first-order valence-electron chi connectivity index (χ1n) is 7.14. The van der Waals surface area contributed by atoms with Crippen LogP contribution in [0.5, 0.6) is 0 Å². The lowest BCUT2D eigenvalue weighted by molar-refractivity contribution is -0.161. The zero-order valence-corrected chi connectivity index (χ0v) is 12.3. The van der Waals surface area contributed by atoms with Gasteiger partial charge < -0.3 is 4.90 Å². The molecule has 0 spiro atoms. The van der Waals surface area contributed by atoms with Gasteiger partial charge in [-0.15, -0.1) is 0 Å². The summed E-state index contributed by atoms with van der Waals surface area (Å²) in [4.78, 5) is 13.9. The Morgan fingerprint density at radius 2 is 1.90 bits per heavy atom. The molecule has 1 unspecified atom stereocenters. The molecule has 1 amide bonds. The molecule has 116 valence electrons. The Kier molecular flexibility index (Phi) is 4.30. The van der Waals surface area contributed by atoms with Crippen molar-refractivity contribution in [3.63, 3.8) is 0 Å². The van der Waals surface area contributed by atoms with Gasteiger partial charge in [-0.2, -0.15) is 13.2 Å². The van der Waals surface area contributed by atoms with Crippen LogP contribution in [0.1, 0.15) is 44.6 Å². The van der Waals surface area contributed by atoms with Crippen LogP contribution in [0.15, 0.2) is 30.3 Å². The molecule has 0 bridgehead atoms. The summed E-state index contributed by atoms with van der Waals surface area (Å²) in [5, 5.41) is 0. The first-order valence-corrected chi connectivity index (χ1v) is 7.14. The van der Waals surface area contributed by atoms with Gasteiger partial charge in [0.2, 0.25) is 5.91 Å². The third-order valence-electron chi connectivity index (χ3n) is 4.18. The monoisotopic (exact) mass is 299 g/mol. The van der Waals surface area contributed by atoms with Crippen molar-refractivity contribution in [2.45, 2.75) is 50.7 Å². The number of carbonyl (C=O) groups is 1. The highest BCUT2D eigenvalue weighted by Crippen LogP contribution is 2.39. The lowest BCUT2D eigenvalue weighted by Gasteiger charge is -2.33. The van der Waals surface area contributed by atoms with Crippen LogP contribution >= 0.6 is 0 Å². The maximum atomic E-state index is 13.3. The minimum Gasteiger partial charge on any atom is -0.338 e. The van der Waals surface area contributed by atoms with Gasteiger partial charge in [0.1, 0.15) is 0 Å². The SMILES string of the molecule is CC1(C)CCCN1C(=O)CC(c1ccccc1)C(F)(F)F. The largest absolute Gasteiger partial charge is 0.396 e. The van der Waals surface area contributed by atoms with Crippen molar-refractivity contribution in [1.82, 2.24) is 4.90 Å². The molecule has 2 rings (SSSR count). The standard InChI is InChI=1S/C16H20F3NO/c1-15(2)9-6-10-20(15)14(21)11-13(16(17,18)19)12-7-4-3-5-8-12/h3-5,7-8,13H,6,9-11H2,1-2H3. The van der Waals surface area contributed by atoms with Gasteiger partial charge in [-0.3, -0.25) is 4.79 Å². The number of hydrogen-bond acceptors (Lipinski definition) is 1. The summed E-state index contributed by atoms with van der Waals surface area (Å²) in [5.41, 5.74) is -0.195. The molecule has 0 N–H and O–H groups in total. The summed E-state index contributed by atoms with van der Waals surface area (Å²) in [6.45, 7) is 4.36. The molecule has 1 saturated heterocycles. The van der Waals surface area contributed by atoms with Crippen LogP contribution in [-0.2, 0) is 4.79 Å². The first-order chi connectivity index (χ1) is 9.72. The first kappa shape index (κ1) is 15.9. The predicted molar refractivity (Wildman–Crippen MR) is 74.9 cm³/mol.